The lowest BCUT2D eigenvalue weighted by molar-refractivity contribution is 0.227. The Labute approximate surface area is 126 Å². The molecule has 1 aliphatic rings. The number of piperazine rings is 1. The lowest BCUT2D eigenvalue weighted by atomic mass is 10.1. The van der Waals surface area contributed by atoms with Gasteiger partial charge in [-0.25, -0.2) is 0 Å². The van der Waals surface area contributed by atoms with Crippen LogP contribution in [-0.2, 0) is 13.1 Å². The Kier molecular flexibility index (Phi) is 4.29. The van der Waals surface area contributed by atoms with Gasteiger partial charge in [0.2, 0.25) is 0 Å². The molecule has 3 rings (SSSR count). The van der Waals surface area contributed by atoms with Crippen LogP contribution in [0.4, 0.5) is 0 Å². The van der Waals surface area contributed by atoms with Crippen molar-refractivity contribution < 1.29 is 0 Å². The number of nitrogens with zero attached hydrogens (tertiary/aromatic N) is 2. The third-order valence-electron chi connectivity index (χ3n) is 4.33. The zero-order chi connectivity index (χ0) is 14.8. The highest BCUT2D eigenvalue weighted by molar-refractivity contribution is 5.82. The smallest absolute Gasteiger partial charge is 0.0485 e. The van der Waals surface area contributed by atoms with Crippen LogP contribution in [0.1, 0.15) is 31.1 Å². The van der Waals surface area contributed by atoms with Crippen LogP contribution in [0, 0.1) is 0 Å². The minimum absolute atomic E-state index is 0.476. The maximum atomic E-state index is 5.77. The molecule has 1 aromatic heterocycles. The first-order valence-corrected chi connectivity index (χ1v) is 7.95. The quantitative estimate of drug-likeness (QED) is 0.904. The molecule has 4 heteroatoms. The number of benzene rings is 1. The lowest BCUT2D eigenvalue weighted by Gasteiger charge is -2.28. The van der Waals surface area contributed by atoms with E-state index in [-0.39, 0.29) is 0 Å². The average molecular weight is 286 g/mol. The third-order valence-corrected chi connectivity index (χ3v) is 4.33. The highest BCUT2D eigenvalue weighted by Gasteiger charge is 2.16. The van der Waals surface area contributed by atoms with E-state index in [1.165, 1.54) is 22.2 Å². The summed E-state index contributed by atoms with van der Waals surface area (Å²) in [6.45, 7) is 10.6. The zero-order valence-electron chi connectivity index (χ0n) is 13.1. The summed E-state index contributed by atoms with van der Waals surface area (Å²) in [6.07, 6.45) is 0. The summed E-state index contributed by atoms with van der Waals surface area (Å²) < 4.78 is 2.47. The van der Waals surface area contributed by atoms with Gasteiger partial charge in [-0.3, -0.25) is 4.90 Å². The molecule has 0 radical (unpaired) electrons. The predicted octanol–water partition coefficient (Wildman–Crippen LogP) is 2.09. The Bertz CT molecular complexity index is 609. The molecule has 0 unspecified atom stereocenters. The molecule has 1 aliphatic heterocycles. The number of hydrogen-bond donors (Lipinski definition) is 2. The molecular formula is C17H26N4. The molecule has 1 fully saturated rings. The van der Waals surface area contributed by atoms with Crippen molar-refractivity contribution in [1.29, 1.82) is 0 Å². The molecule has 114 valence electrons. The summed E-state index contributed by atoms with van der Waals surface area (Å²) in [6, 6.07) is 9.42. The van der Waals surface area contributed by atoms with E-state index >= 15 is 0 Å². The molecule has 0 atom stereocenters. The first kappa shape index (κ1) is 14.6. The molecule has 4 nitrogen and oxygen atoms in total. The Morgan fingerprint density at radius 2 is 1.95 bits per heavy atom. The van der Waals surface area contributed by atoms with E-state index in [4.69, 9.17) is 5.73 Å². The Morgan fingerprint density at radius 3 is 2.62 bits per heavy atom. The third kappa shape index (κ3) is 2.98. The second kappa shape index (κ2) is 6.18. The van der Waals surface area contributed by atoms with Gasteiger partial charge in [0.25, 0.3) is 0 Å². The van der Waals surface area contributed by atoms with Gasteiger partial charge < -0.3 is 15.6 Å². The second-order valence-corrected chi connectivity index (χ2v) is 6.22. The maximum Gasteiger partial charge on any atom is 0.0485 e. The number of aromatic nitrogens is 1. The van der Waals surface area contributed by atoms with Crippen LogP contribution in [-0.4, -0.2) is 35.6 Å². The van der Waals surface area contributed by atoms with Crippen molar-refractivity contribution in [2.45, 2.75) is 33.0 Å². The molecule has 2 heterocycles. The Balaban J connectivity index is 1.97. The van der Waals surface area contributed by atoms with Crippen LogP contribution in [0.5, 0.6) is 0 Å². The highest BCUT2D eigenvalue weighted by atomic mass is 15.2. The Hall–Kier alpha value is -1.36. The molecule has 21 heavy (non-hydrogen) atoms. The molecule has 3 N–H and O–H groups in total. The number of nitrogens with two attached hydrogens (primary N) is 1. The van der Waals surface area contributed by atoms with Gasteiger partial charge in [-0.05, 0) is 37.6 Å². The van der Waals surface area contributed by atoms with Gasteiger partial charge in [0.05, 0.1) is 0 Å². The van der Waals surface area contributed by atoms with E-state index in [1.54, 1.807) is 0 Å². The van der Waals surface area contributed by atoms with Gasteiger partial charge in [0.15, 0.2) is 0 Å². The zero-order valence-corrected chi connectivity index (χ0v) is 13.1. The SMILES string of the molecule is CC(C)n1c(CN2CCNCC2)cc2cc(CN)ccc21. The van der Waals surface area contributed by atoms with Crippen molar-refractivity contribution >= 4 is 10.9 Å². The predicted molar refractivity (Wildman–Crippen MR) is 88.4 cm³/mol. The van der Waals surface area contributed by atoms with E-state index in [9.17, 15) is 0 Å². The number of nitrogens with one attached hydrogen (secondary N) is 1. The van der Waals surface area contributed by atoms with Gasteiger partial charge in [-0.15, -0.1) is 0 Å². The summed E-state index contributed by atoms with van der Waals surface area (Å²) in [7, 11) is 0. The van der Waals surface area contributed by atoms with E-state index in [2.05, 4.69) is 52.9 Å². The fourth-order valence-corrected chi connectivity index (χ4v) is 3.30. The second-order valence-electron chi connectivity index (χ2n) is 6.22. The molecule has 1 aromatic carbocycles. The van der Waals surface area contributed by atoms with Crippen LogP contribution in [0.3, 0.4) is 0 Å². The molecular weight excluding hydrogens is 260 g/mol. The van der Waals surface area contributed by atoms with Crippen molar-refractivity contribution in [2.75, 3.05) is 26.2 Å². The molecule has 0 aliphatic carbocycles. The summed E-state index contributed by atoms with van der Waals surface area (Å²) in [5.74, 6) is 0. The van der Waals surface area contributed by atoms with Crippen LogP contribution in [0.2, 0.25) is 0 Å². The van der Waals surface area contributed by atoms with Gasteiger partial charge in [0.1, 0.15) is 0 Å². The van der Waals surface area contributed by atoms with Crippen LogP contribution >= 0.6 is 0 Å². The summed E-state index contributed by atoms with van der Waals surface area (Å²) in [5.41, 5.74) is 9.72. The molecule has 0 bridgehead atoms. The van der Waals surface area contributed by atoms with E-state index < -0.39 is 0 Å². The van der Waals surface area contributed by atoms with E-state index in [0.29, 0.717) is 12.6 Å². The molecule has 0 saturated carbocycles. The van der Waals surface area contributed by atoms with Gasteiger partial charge in [0, 0.05) is 61.9 Å². The minimum atomic E-state index is 0.476. The molecule has 0 amide bonds. The maximum absolute atomic E-state index is 5.77. The largest absolute Gasteiger partial charge is 0.341 e. The van der Waals surface area contributed by atoms with Crippen LogP contribution < -0.4 is 11.1 Å². The van der Waals surface area contributed by atoms with Crippen LogP contribution in [0.25, 0.3) is 10.9 Å². The number of hydrogen-bond acceptors (Lipinski definition) is 3. The average Bonchev–Trinajstić information content (AvgIpc) is 2.85. The summed E-state index contributed by atoms with van der Waals surface area (Å²) in [5, 5.41) is 4.73. The number of rotatable bonds is 4. The normalized spacial score (nSPS) is 17.0. The minimum Gasteiger partial charge on any atom is -0.341 e. The lowest BCUT2D eigenvalue weighted by Crippen LogP contribution is -2.43. The summed E-state index contributed by atoms with van der Waals surface area (Å²) >= 11 is 0. The van der Waals surface area contributed by atoms with Crippen molar-refractivity contribution in [2.24, 2.45) is 5.73 Å². The standard InChI is InChI=1S/C17H26N4/c1-13(2)21-16(12-20-7-5-19-6-8-20)10-15-9-14(11-18)3-4-17(15)21/h3-4,9-10,13,19H,5-8,11-12,18H2,1-2H3. The molecule has 2 aromatic rings. The molecule has 0 spiro atoms. The van der Waals surface area contributed by atoms with Gasteiger partial charge in [-0.2, -0.15) is 0 Å². The van der Waals surface area contributed by atoms with Crippen molar-refractivity contribution in [3.05, 3.63) is 35.5 Å². The van der Waals surface area contributed by atoms with Crippen molar-refractivity contribution in [1.82, 2.24) is 14.8 Å². The summed E-state index contributed by atoms with van der Waals surface area (Å²) in [4.78, 5) is 2.54. The van der Waals surface area contributed by atoms with E-state index in [0.717, 1.165) is 32.7 Å². The monoisotopic (exact) mass is 286 g/mol. The van der Waals surface area contributed by atoms with Crippen LogP contribution in [0.15, 0.2) is 24.3 Å². The number of fused-ring (bicyclic) bond motifs is 1. The van der Waals surface area contributed by atoms with Crippen molar-refractivity contribution in [3.8, 4) is 0 Å². The van der Waals surface area contributed by atoms with Gasteiger partial charge in [-0.1, -0.05) is 6.07 Å². The fraction of sp³-hybridized carbons (Fsp3) is 0.529. The topological polar surface area (TPSA) is 46.2 Å². The van der Waals surface area contributed by atoms with Crippen molar-refractivity contribution in [3.63, 3.8) is 0 Å². The molecule has 1 saturated heterocycles. The first-order chi connectivity index (χ1) is 10.2. The first-order valence-electron chi connectivity index (χ1n) is 7.95. The Morgan fingerprint density at radius 1 is 1.19 bits per heavy atom. The van der Waals surface area contributed by atoms with Gasteiger partial charge >= 0.3 is 0 Å². The fourth-order valence-electron chi connectivity index (χ4n) is 3.30. The highest BCUT2D eigenvalue weighted by Crippen LogP contribution is 2.26. The van der Waals surface area contributed by atoms with E-state index in [1.807, 2.05) is 0 Å².